The van der Waals surface area contributed by atoms with Gasteiger partial charge in [0.1, 0.15) is 0 Å². The van der Waals surface area contributed by atoms with Crippen LogP contribution in [-0.2, 0) is 9.59 Å². The van der Waals surface area contributed by atoms with Crippen LogP contribution >= 0.6 is 12.4 Å². The second-order valence-corrected chi connectivity index (χ2v) is 4.60. The Labute approximate surface area is 115 Å². The minimum atomic E-state index is -0.427. The van der Waals surface area contributed by atoms with Gasteiger partial charge in [-0.15, -0.1) is 12.4 Å². The van der Waals surface area contributed by atoms with Crippen molar-refractivity contribution in [3.8, 4) is 0 Å². The third-order valence-electron chi connectivity index (χ3n) is 3.13. The van der Waals surface area contributed by atoms with E-state index < -0.39 is 5.91 Å². The molecule has 0 aromatic heterocycles. The summed E-state index contributed by atoms with van der Waals surface area (Å²) in [4.78, 5) is 24.8. The molecule has 0 saturated carbocycles. The molecule has 0 spiro atoms. The number of primary amides is 1. The molecule has 5 nitrogen and oxygen atoms in total. The molecule has 106 valence electrons. The fourth-order valence-corrected chi connectivity index (χ4v) is 2.13. The summed E-state index contributed by atoms with van der Waals surface area (Å²) >= 11 is 0. The molecule has 0 aromatic rings. The van der Waals surface area contributed by atoms with Crippen molar-refractivity contribution in [2.75, 3.05) is 26.2 Å². The first-order valence-electron chi connectivity index (χ1n) is 6.43. The van der Waals surface area contributed by atoms with Gasteiger partial charge in [-0.2, -0.15) is 0 Å². The van der Waals surface area contributed by atoms with Crippen molar-refractivity contribution in [1.82, 2.24) is 10.2 Å². The normalized spacial score (nSPS) is 15.8. The lowest BCUT2D eigenvalue weighted by molar-refractivity contribution is -0.139. The highest BCUT2D eigenvalue weighted by molar-refractivity contribution is 5.85. The third kappa shape index (κ3) is 5.69. The molecule has 0 aromatic carbocycles. The van der Waals surface area contributed by atoms with Crippen LogP contribution in [-0.4, -0.2) is 42.9 Å². The lowest BCUT2D eigenvalue weighted by Gasteiger charge is -2.28. The maximum absolute atomic E-state index is 12.2. The standard InChI is InChI=1S/C12H23N3O2.ClH/c1-2-3-8-15(9-11(13)16)12(17)10-4-6-14-7-5-10;/h10,14H,2-9H2,1H3,(H2,13,16);1H. The predicted molar refractivity (Wildman–Crippen MR) is 73.5 cm³/mol. The average molecular weight is 278 g/mol. The van der Waals surface area contributed by atoms with Crippen molar-refractivity contribution < 1.29 is 9.59 Å². The number of rotatable bonds is 6. The van der Waals surface area contributed by atoms with Crippen LogP contribution in [0.2, 0.25) is 0 Å². The molecule has 0 bridgehead atoms. The molecular formula is C12H24ClN3O2. The van der Waals surface area contributed by atoms with Gasteiger partial charge in [0.05, 0.1) is 6.54 Å². The van der Waals surface area contributed by atoms with Crippen LogP contribution in [0.25, 0.3) is 0 Å². The SMILES string of the molecule is CCCCN(CC(N)=O)C(=O)C1CCNCC1.Cl. The summed E-state index contributed by atoms with van der Waals surface area (Å²) in [5.74, 6) is -0.269. The molecule has 2 amide bonds. The number of hydrogen-bond acceptors (Lipinski definition) is 3. The van der Waals surface area contributed by atoms with Crippen LogP contribution in [0.4, 0.5) is 0 Å². The highest BCUT2D eigenvalue weighted by Gasteiger charge is 2.26. The Bertz CT molecular complexity index is 268. The maximum Gasteiger partial charge on any atom is 0.237 e. The first-order chi connectivity index (χ1) is 8.15. The first-order valence-corrected chi connectivity index (χ1v) is 6.43. The van der Waals surface area contributed by atoms with E-state index >= 15 is 0 Å². The van der Waals surface area contributed by atoms with E-state index in [9.17, 15) is 9.59 Å². The zero-order valence-electron chi connectivity index (χ0n) is 11.0. The number of amides is 2. The molecular weight excluding hydrogens is 254 g/mol. The number of hydrogen-bond donors (Lipinski definition) is 2. The molecule has 0 atom stereocenters. The van der Waals surface area contributed by atoms with Gasteiger partial charge in [-0.1, -0.05) is 13.3 Å². The van der Waals surface area contributed by atoms with Gasteiger partial charge in [-0.25, -0.2) is 0 Å². The second-order valence-electron chi connectivity index (χ2n) is 4.60. The van der Waals surface area contributed by atoms with Gasteiger partial charge in [-0.05, 0) is 32.4 Å². The number of halogens is 1. The van der Waals surface area contributed by atoms with Crippen molar-refractivity contribution in [1.29, 1.82) is 0 Å². The molecule has 1 rings (SSSR count). The van der Waals surface area contributed by atoms with Gasteiger partial charge >= 0.3 is 0 Å². The van der Waals surface area contributed by atoms with Crippen molar-refractivity contribution in [2.24, 2.45) is 11.7 Å². The second kappa shape index (κ2) is 9.16. The quantitative estimate of drug-likeness (QED) is 0.743. The summed E-state index contributed by atoms with van der Waals surface area (Å²) in [6, 6.07) is 0. The molecule has 1 heterocycles. The number of nitrogens with zero attached hydrogens (tertiary/aromatic N) is 1. The van der Waals surface area contributed by atoms with E-state index in [4.69, 9.17) is 5.73 Å². The van der Waals surface area contributed by atoms with Crippen LogP contribution in [0.1, 0.15) is 32.6 Å². The van der Waals surface area contributed by atoms with E-state index in [0.717, 1.165) is 38.8 Å². The van der Waals surface area contributed by atoms with Crippen molar-refractivity contribution in [2.45, 2.75) is 32.6 Å². The Balaban J connectivity index is 0.00000289. The summed E-state index contributed by atoms with van der Waals surface area (Å²) in [5, 5.41) is 3.23. The zero-order valence-corrected chi connectivity index (χ0v) is 11.8. The smallest absolute Gasteiger partial charge is 0.237 e. The van der Waals surface area contributed by atoms with Crippen molar-refractivity contribution in [3.05, 3.63) is 0 Å². The molecule has 1 fully saturated rings. The van der Waals surface area contributed by atoms with E-state index in [0.29, 0.717) is 6.54 Å². The van der Waals surface area contributed by atoms with Gasteiger partial charge in [0.25, 0.3) is 0 Å². The van der Waals surface area contributed by atoms with E-state index in [1.54, 1.807) is 4.90 Å². The molecule has 1 aliphatic rings. The summed E-state index contributed by atoms with van der Waals surface area (Å²) in [6.07, 6.45) is 3.65. The Morgan fingerprint density at radius 2 is 1.94 bits per heavy atom. The molecule has 18 heavy (non-hydrogen) atoms. The van der Waals surface area contributed by atoms with E-state index in [-0.39, 0.29) is 30.8 Å². The van der Waals surface area contributed by atoms with E-state index in [2.05, 4.69) is 12.2 Å². The highest BCUT2D eigenvalue weighted by Crippen LogP contribution is 2.15. The molecule has 0 aliphatic carbocycles. The first kappa shape index (κ1) is 17.2. The molecule has 0 radical (unpaired) electrons. The number of carbonyl (C=O) groups is 2. The minimum absolute atomic E-state index is 0. The van der Waals surface area contributed by atoms with Gasteiger partial charge < -0.3 is 16.0 Å². The Morgan fingerprint density at radius 1 is 1.33 bits per heavy atom. The summed E-state index contributed by atoms with van der Waals surface area (Å²) in [7, 11) is 0. The van der Waals surface area contributed by atoms with E-state index in [1.165, 1.54) is 0 Å². The average Bonchev–Trinajstić information content (AvgIpc) is 2.34. The predicted octanol–water partition coefficient (Wildman–Crippen LogP) is 0.522. The molecule has 1 saturated heterocycles. The van der Waals surface area contributed by atoms with Crippen molar-refractivity contribution >= 4 is 24.2 Å². The highest BCUT2D eigenvalue weighted by atomic mass is 35.5. The Hall–Kier alpha value is -0.810. The summed E-state index contributed by atoms with van der Waals surface area (Å²) in [5.41, 5.74) is 5.19. The van der Waals surface area contributed by atoms with Crippen LogP contribution in [0, 0.1) is 5.92 Å². The van der Waals surface area contributed by atoms with Crippen molar-refractivity contribution in [3.63, 3.8) is 0 Å². The maximum atomic E-state index is 12.2. The molecule has 3 N–H and O–H groups in total. The number of nitrogens with one attached hydrogen (secondary N) is 1. The monoisotopic (exact) mass is 277 g/mol. The molecule has 1 aliphatic heterocycles. The fraction of sp³-hybridized carbons (Fsp3) is 0.833. The summed E-state index contributed by atoms with van der Waals surface area (Å²) in [6.45, 7) is 4.53. The van der Waals surface area contributed by atoms with Crippen LogP contribution in [0.15, 0.2) is 0 Å². The van der Waals surface area contributed by atoms with Gasteiger partial charge in [0.15, 0.2) is 0 Å². The van der Waals surface area contributed by atoms with Gasteiger partial charge in [0.2, 0.25) is 11.8 Å². The minimum Gasteiger partial charge on any atom is -0.368 e. The van der Waals surface area contributed by atoms with Gasteiger partial charge in [-0.3, -0.25) is 9.59 Å². The molecule has 0 unspecified atom stereocenters. The lowest BCUT2D eigenvalue weighted by atomic mass is 9.96. The number of piperidine rings is 1. The van der Waals surface area contributed by atoms with E-state index in [1.807, 2.05) is 0 Å². The fourth-order valence-electron chi connectivity index (χ4n) is 2.13. The Morgan fingerprint density at radius 3 is 2.44 bits per heavy atom. The number of carbonyl (C=O) groups excluding carboxylic acids is 2. The zero-order chi connectivity index (χ0) is 12.7. The van der Waals surface area contributed by atoms with Crippen LogP contribution in [0.3, 0.4) is 0 Å². The lowest BCUT2D eigenvalue weighted by Crippen LogP contribution is -2.44. The third-order valence-corrected chi connectivity index (χ3v) is 3.13. The number of unbranched alkanes of at least 4 members (excludes halogenated alkanes) is 1. The molecule has 6 heteroatoms. The van der Waals surface area contributed by atoms with Crippen LogP contribution in [0.5, 0.6) is 0 Å². The Kier molecular flexibility index (Phi) is 8.75. The topological polar surface area (TPSA) is 75.4 Å². The number of nitrogens with two attached hydrogens (primary N) is 1. The van der Waals surface area contributed by atoms with Crippen LogP contribution < -0.4 is 11.1 Å². The summed E-state index contributed by atoms with van der Waals surface area (Å²) < 4.78 is 0. The van der Waals surface area contributed by atoms with Gasteiger partial charge in [0, 0.05) is 12.5 Å². The largest absolute Gasteiger partial charge is 0.368 e.